The van der Waals surface area contributed by atoms with Gasteiger partial charge >= 0.3 is 5.97 Å². The number of esters is 1. The van der Waals surface area contributed by atoms with E-state index in [2.05, 4.69) is 19.2 Å². The van der Waals surface area contributed by atoms with Gasteiger partial charge in [-0.3, -0.25) is 9.59 Å². The molecule has 0 bridgehead atoms. The number of allylic oxidation sites excluding steroid dienone is 1. The molecule has 0 rings (SSSR count). The zero-order chi connectivity index (χ0) is 58.5. The number of aliphatic hydroxyl groups is 2. The predicted molar refractivity (Wildman–Crippen MR) is 357 cm³/mol. The molecule has 0 aliphatic carbocycles. The van der Waals surface area contributed by atoms with Gasteiger partial charge in [0.1, 0.15) is 0 Å². The maximum Gasteiger partial charge on any atom is 0.305 e. The van der Waals surface area contributed by atoms with Gasteiger partial charge in [-0.05, 0) is 32.1 Å². The Hall–Kier alpha value is -1.40. The van der Waals surface area contributed by atoms with Crippen molar-refractivity contribution >= 4 is 11.9 Å². The van der Waals surface area contributed by atoms with Gasteiger partial charge in [-0.2, -0.15) is 0 Å². The Morgan fingerprint density at radius 1 is 0.333 bits per heavy atom. The Balaban J connectivity index is 3.30. The highest BCUT2D eigenvalue weighted by atomic mass is 16.5. The van der Waals surface area contributed by atoms with Crippen LogP contribution in [0.25, 0.3) is 0 Å². The smallest absolute Gasteiger partial charge is 0.305 e. The molecule has 0 fully saturated rings. The zero-order valence-corrected chi connectivity index (χ0v) is 55.3. The van der Waals surface area contributed by atoms with Crippen molar-refractivity contribution in [2.24, 2.45) is 0 Å². The first-order valence-electron chi connectivity index (χ1n) is 37.5. The molecule has 0 aromatic carbocycles. The average molecular weight is 1140 g/mol. The van der Waals surface area contributed by atoms with Crippen molar-refractivity contribution in [2.75, 3.05) is 13.2 Å². The van der Waals surface area contributed by atoms with Gasteiger partial charge in [0.05, 0.1) is 25.4 Å². The van der Waals surface area contributed by atoms with Crippen LogP contribution in [0.2, 0.25) is 0 Å². The van der Waals surface area contributed by atoms with E-state index in [1.807, 2.05) is 6.08 Å². The monoisotopic (exact) mass is 1140 g/mol. The lowest BCUT2D eigenvalue weighted by Gasteiger charge is -2.20. The van der Waals surface area contributed by atoms with E-state index in [1.165, 1.54) is 366 Å². The van der Waals surface area contributed by atoms with Crippen molar-refractivity contribution < 1.29 is 24.5 Å². The molecule has 0 heterocycles. The fourth-order valence-electron chi connectivity index (χ4n) is 12.1. The van der Waals surface area contributed by atoms with E-state index >= 15 is 0 Å². The molecule has 0 aliphatic heterocycles. The van der Waals surface area contributed by atoms with E-state index in [-0.39, 0.29) is 18.5 Å². The highest BCUT2D eigenvalue weighted by Crippen LogP contribution is 2.20. The summed E-state index contributed by atoms with van der Waals surface area (Å²) in [6, 6.07) is -0.623. The number of amides is 1. The number of nitrogens with one attached hydrogen (secondary N) is 1. The van der Waals surface area contributed by atoms with E-state index < -0.39 is 12.1 Å². The van der Waals surface area contributed by atoms with Crippen molar-refractivity contribution in [3.05, 3.63) is 12.2 Å². The quantitative estimate of drug-likeness (QED) is 0.0320. The van der Waals surface area contributed by atoms with Crippen LogP contribution in [0.3, 0.4) is 0 Å². The Bertz CT molecular complexity index is 1220. The minimum absolute atomic E-state index is 0.0256. The average Bonchev–Trinajstić information content (AvgIpc) is 3.47. The lowest BCUT2D eigenvalue weighted by Crippen LogP contribution is -2.45. The van der Waals surface area contributed by atoms with Gasteiger partial charge in [0.2, 0.25) is 5.91 Å². The van der Waals surface area contributed by atoms with Crippen molar-refractivity contribution in [1.82, 2.24) is 5.32 Å². The molecule has 6 heteroatoms. The highest BCUT2D eigenvalue weighted by Gasteiger charge is 2.18. The molecule has 0 saturated carbocycles. The van der Waals surface area contributed by atoms with Crippen LogP contribution in [-0.4, -0.2) is 47.4 Å². The number of carbonyl (C=O) groups is 2. The molecule has 2 unspecified atom stereocenters. The number of hydrogen-bond acceptors (Lipinski definition) is 5. The molecule has 0 radical (unpaired) electrons. The lowest BCUT2D eigenvalue weighted by molar-refractivity contribution is -0.143. The van der Waals surface area contributed by atoms with Gasteiger partial charge in [-0.15, -0.1) is 0 Å². The number of carbonyl (C=O) groups excluding carboxylic acids is 2. The minimum Gasteiger partial charge on any atom is -0.466 e. The minimum atomic E-state index is -0.840. The van der Waals surface area contributed by atoms with Crippen LogP contribution in [0.4, 0.5) is 0 Å². The molecule has 0 aliphatic rings. The SMILES string of the molecule is CCCCCCCCCCCCCCC/C=C/C(O)C(CO)NC(=O)CCCCCCCCCCCCCCCCCCCCCCCCCCCCCCCCCCCCCOC(=O)CCCCCCCCCCCCCCCC. The molecule has 0 saturated heterocycles. The van der Waals surface area contributed by atoms with Crippen LogP contribution >= 0.6 is 0 Å². The van der Waals surface area contributed by atoms with Crippen molar-refractivity contribution in [3.63, 3.8) is 0 Å². The molecular weight excluding hydrogens is 995 g/mol. The van der Waals surface area contributed by atoms with Crippen LogP contribution in [0.5, 0.6) is 0 Å². The Morgan fingerprint density at radius 3 is 0.840 bits per heavy atom. The van der Waals surface area contributed by atoms with Gasteiger partial charge < -0.3 is 20.3 Å². The molecule has 2 atom stereocenters. The lowest BCUT2D eigenvalue weighted by atomic mass is 10.0. The number of ether oxygens (including phenoxy) is 1. The largest absolute Gasteiger partial charge is 0.466 e. The molecule has 0 aromatic rings. The molecule has 482 valence electrons. The summed E-state index contributed by atoms with van der Waals surface area (Å²) in [6.07, 6.45) is 89.0. The zero-order valence-electron chi connectivity index (χ0n) is 55.3. The number of aliphatic hydroxyl groups excluding tert-OH is 2. The second kappa shape index (κ2) is 71.1. The standard InChI is InChI=1S/C75H147NO5/c1-3-5-7-9-11-13-15-17-40-43-47-51-55-59-63-67-73(78)72(71-77)76-74(79)68-64-60-56-52-48-44-41-38-36-34-32-30-28-26-24-22-20-19-21-23-25-27-29-31-33-35-37-39-42-46-50-54-58-62-66-70-81-75(80)69-65-61-57-53-49-45-18-16-14-12-10-8-6-4-2/h63,67,72-73,77-78H,3-62,64-66,68-71H2,1-2H3,(H,76,79)/b67-63+. The third-order valence-electron chi connectivity index (χ3n) is 17.8. The molecule has 3 N–H and O–H groups in total. The highest BCUT2D eigenvalue weighted by molar-refractivity contribution is 5.76. The summed E-state index contributed by atoms with van der Waals surface area (Å²) < 4.78 is 5.50. The summed E-state index contributed by atoms with van der Waals surface area (Å²) in [6.45, 7) is 4.95. The Morgan fingerprint density at radius 2 is 0.568 bits per heavy atom. The summed E-state index contributed by atoms with van der Waals surface area (Å²) in [4.78, 5) is 24.6. The number of unbranched alkanes of at least 4 members (excludes halogenated alkanes) is 60. The summed E-state index contributed by atoms with van der Waals surface area (Å²) in [5, 5.41) is 23.2. The maximum atomic E-state index is 12.5. The third kappa shape index (κ3) is 67.6. The van der Waals surface area contributed by atoms with Crippen LogP contribution in [0.15, 0.2) is 12.2 Å². The molecular formula is C75H147NO5. The molecule has 0 aromatic heterocycles. The van der Waals surface area contributed by atoms with Crippen LogP contribution < -0.4 is 5.32 Å². The summed E-state index contributed by atoms with van der Waals surface area (Å²) in [5.74, 6) is -0.0339. The Labute approximate surface area is 508 Å². The third-order valence-corrected chi connectivity index (χ3v) is 17.8. The normalized spacial score (nSPS) is 12.5. The molecule has 0 spiro atoms. The second-order valence-corrected chi connectivity index (χ2v) is 26.0. The number of rotatable bonds is 71. The number of hydrogen-bond donors (Lipinski definition) is 3. The van der Waals surface area contributed by atoms with Gasteiger partial charge in [-0.1, -0.05) is 398 Å². The van der Waals surface area contributed by atoms with Crippen molar-refractivity contribution in [3.8, 4) is 0 Å². The first kappa shape index (κ1) is 79.6. The van der Waals surface area contributed by atoms with Gasteiger partial charge in [-0.25, -0.2) is 0 Å². The summed E-state index contributed by atoms with van der Waals surface area (Å²) in [5.41, 5.74) is 0. The summed E-state index contributed by atoms with van der Waals surface area (Å²) in [7, 11) is 0. The summed E-state index contributed by atoms with van der Waals surface area (Å²) >= 11 is 0. The van der Waals surface area contributed by atoms with Crippen molar-refractivity contribution in [1.29, 1.82) is 0 Å². The van der Waals surface area contributed by atoms with Gasteiger partial charge in [0.25, 0.3) is 0 Å². The first-order valence-corrected chi connectivity index (χ1v) is 37.5. The van der Waals surface area contributed by atoms with E-state index in [9.17, 15) is 19.8 Å². The van der Waals surface area contributed by atoms with Crippen LogP contribution in [0, 0.1) is 0 Å². The molecule has 6 nitrogen and oxygen atoms in total. The molecule has 81 heavy (non-hydrogen) atoms. The van der Waals surface area contributed by atoms with E-state index in [0.717, 1.165) is 38.5 Å². The van der Waals surface area contributed by atoms with Gasteiger partial charge in [0, 0.05) is 12.8 Å². The maximum absolute atomic E-state index is 12.5. The topological polar surface area (TPSA) is 95.9 Å². The second-order valence-electron chi connectivity index (χ2n) is 26.0. The van der Waals surface area contributed by atoms with E-state index in [4.69, 9.17) is 4.74 Å². The van der Waals surface area contributed by atoms with Crippen molar-refractivity contribution in [2.45, 2.75) is 443 Å². The first-order chi connectivity index (χ1) is 40.0. The van der Waals surface area contributed by atoms with E-state index in [1.54, 1.807) is 6.08 Å². The van der Waals surface area contributed by atoms with Crippen LogP contribution in [-0.2, 0) is 14.3 Å². The van der Waals surface area contributed by atoms with E-state index in [0.29, 0.717) is 19.4 Å². The van der Waals surface area contributed by atoms with Gasteiger partial charge in [0.15, 0.2) is 0 Å². The van der Waals surface area contributed by atoms with Crippen LogP contribution in [0.1, 0.15) is 431 Å². The fourth-order valence-corrected chi connectivity index (χ4v) is 12.1. The fraction of sp³-hybridized carbons (Fsp3) is 0.947. The molecule has 1 amide bonds. The Kier molecular flexibility index (Phi) is 69.9. The predicted octanol–water partition coefficient (Wildman–Crippen LogP) is 24.3.